The number of methoxy groups -OCH3 is 1. The van der Waals surface area contributed by atoms with Crippen molar-refractivity contribution in [3.8, 4) is 5.75 Å². The predicted octanol–water partition coefficient (Wildman–Crippen LogP) is 1.56. The topological polar surface area (TPSA) is 53.1 Å². The number of carbonyl (C=O) groups is 2. The Bertz CT molecular complexity index is 552. The molecule has 0 unspecified atom stereocenters. The molecule has 6 nitrogen and oxygen atoms in total. The van der Waals surface area contributed by atoms with Crippen molar-refractivity contribution in [2.45, 2.75) is 12.8 Å². The fraction of sp³-hybridized carbons (Fsp3) is 0.500. The third-order valence-electron chi connectivity index (χ3n) is 4.26. The zero-order valence-corrected chi connectivity index (χ0v) is 12.8. The number of urea groups is 1. The van der Waals surface area contributed by atoms with Gasteiger partial charge in [-0.2, -0.15) is 0 Å². The van der Waals surface area contributed by atoms with E-state index in [9.17, 15) is 9.59 Å². The van der Waals surface area contributed by atoms with Crippen LogP contribution in [0.1, 0.15) is 12.8 Å². The molecule has 2 fully saturated rings. The second-order valence-corrected chi connectivity index (χ2v) is 5.64. The number of likely N-dealkylation sites (tertiary alicyclic amines) is 1. The molecule has 3 amide bonds. The van der Waals surface area contributed by atoms with Gasteiger partial charge in [-0.15, -0.1) is 0 Å². The van der Waals surface area contributed by atoms with E-state index >= 15 is 0 Å². The third-order valence-corrected chi connectivity index (χ3v) is 4.26. The number of carbonyl (C=O) groups excluding carboxylic acids is 2. The van der Waals surface area contributed by atoms with E-state index in [4.69, 9.17) is 4.74 Å². The average Bonchev–Trinajstić information content (AvgIpc) is 3.19. The minimum absolute atomic E-state index is 0.0578. The maximum Gasteiger partial charge on any atom is 0.325 e. The van der Waals surface area contributed by atoms with Crippen molar-refractivity contribution in [1.82, 2.24) is 9.80 Å². The summed E-state index contributed by atoms with van der Waals surface area (Å²) in [6, 6.07) is 7.30. The molecule has 0 spiro atoms. The van der Waals surface area contributed by atoms with Crippen molar-refractivity contribution in [1.29, 1.82) is 0 Å². The molecule has 0 aliphatic carbocycles. The molecule has 22 heavy (non-hydrogen) atoms. The minimum atomic E-state index is -0.0993. The summed E-state index contributed by atoms with van der Waals surface area (Å²) >= 11 is 0. The second-order valence-electron chi connectivity index (χ2n) is 5.64. The van der Waals surface area contributed by atoms with Gasteiger partial charge >= 0.3 is 6.03 Å². The van der Waals surface area contributed by atoms with Crippen molar-refractivity contribution >= 4 is 17.6 Å². The number of rotatable bonds is 4. The molecule has 2 saturated heterocycles. The number of nitrogens with zero attached hydrogens (tertiary/aromatic N) is 3. The van der Waals surface area contributed by atoms with Crippen LogP contribution in [0.2, 0.25) is 0 Å². The number of hydrogen-bond acceptors (Lipinski definition) is 3. The van der Waals surface area contributed by atoms with Crippen molar-refractivity contribution in [3.05, 3.63) is 24.3 Å². The van der Waals surface area contributed by atoms with Crippen LogP contribution in [0.3, 0.4) is 0 Å². The van der Waals surface area contributed by atoms with Gasteiger partial charge < -0.3 is 14.5 Å². The van der Waals surface area contributed by atoms with Crippen LogP contribution in [0.15, 0.2) is 24.3 Å². The van der Waals surface area contributed by atoms with Gasteiger partial charge in [0.25, 0.3) is 0 Å². The van der Waals surface area contributed by atoms with Crippen LogP contribution in [0.5, 0.6) is 5.75 Å². The number of ether oxygens (including phenoxy) is 1. The van der Waals surface area contributed by atoms with E-state index in [0.717, 1.165) is 37.4 Å². The second kappa shape index (κ2) is 6.25. The molecule has 6 heteroatoms. The summed E-state index contributed by atoms with van der Waals surface area (Å²) < 4.78 is 5.13. The van der Waals surface area contributed by atoms with Gasteiger partial charge in [0, 0.05) is 31.9 Å². The van der Waals surface area contributed by atoms with Crippen LogP contribution in [0, 0.1) is 0 Å². The number of hydrogen-bond donors (Lipinski definition) is 0. The first-order chi connectivity index (χ1) is 10.7. The van der Waals surface area contributed by atoms with Crippen LogP contribution < -0.4 is 9.64 Å². The highest BCUT2D eigenvalue weighted by atomic mass is 16.5. The molecule has 0 N–H and O–H groups in total. The first-order valence-electron chi connectivity index (χ1n) is 7.67. The Morgan fingerprint density at radius 2 is 1.77 bits per heavy atom. The SMILES string of the molecule is COc1ccc(N2CCN(CC(=O)N3CCCC3)C2=O)cc1. The van der Waals surface area contributed by atoms with Crippen LogP contribution in [-0.4, -0.2) is 61.6 Å². The Morgan fingerprint density at radius 3 is 2.41 bits per heavy atom. The molecular formula is C16H21N3O3. The van der Waals surface area contributed by atoms with E-state index in [1.807, 2.05) is 29.2 Å². The average molecular weight is 303 g/mol. The van der Waals surface area contributed by atoms with Crippen LogP contribution in [0.4, 0.5) is 10.5 Å². The van der Waals surface area contributed by atoms with Gasteiger partial charge in [-0.3, -0.25) is 9.69 Å². The van der Waals surface area contributed by atoms with Crippen LogP contribution in [0.25, 0.3) is 0 Å². The third kappa shape index (κ3) is 2.86. The quantitative estimate of drug-likeness (QED) is 0.848. The highest BCUT2D eigenvalue weighted by molar-refractivity contribution is 5.96. The number of anilines is 1. The normalized spacial score (nSPS) is 18.2. The van der Waals surface area contributed by atoms with Gasteiger partial charge in [-0.25, -0.2) is 4.79 Å². The van der Waals surface area contributed by atoms with E-state index in [1.54, 1.807) is 16.9 Å². The summed E-state index contributed by atoms with van der Waals surface area (Å²) in [7, 11) is 1.61. The Labute approximate surface area is 130 Å². The molecule has 2 aliphatic rings. The maximum absolute atomic E-state index is 12.5. The lowest BCUT2D eigenvalue weighted by molar-refractivity contribution is -0.130. The van der Waals surface area contributed by atoms with Gasteiger partial charge in [0.15, 0.2) is 0 Å². The van der Waals surface area contributed by atoms with Gasteiger partial charge in [0.2, 0.25) is 5.91 Å². The summed E-state index contributed by atoms with van der Waals surface area (Å²) in [5.74, 6) is 0.818. The molecule has 1 aromatic carbocycles. The molecular weight excluding hydrogens is 282 g/mol. The Morgan fingerprint density at radius 1 is 1.09 bits per heavy atom. The lowest BCUT2D eigenvalue weighted by Crippen LogP contribution is -2.41. The highest BCUT2D eigenvalue weighted by Crippen LogP contribution is 2.23. The standard InChI is InChI=1S/C16H21N3O3/c1-22-14-6-4-13(5-7-14)19-11-10-18(16(19)21)12-15(20)17-8-2-3-9-17/h4-7H,2-3,8-12H2,1H3. The van der Waals surface area contributed by atoms with Gasteiger partial charge in [-0.1, -0.05) is 0 Å². The molecule has 118 valence electrons. The van der Waals surface area contributed by atoms with Gasteiger partial charge in [-0.05, 0) is 37.1 Å². The first kappa shape index (κ1) is 14.7. The largest absolute Gasteiger partial charge is 0.497 e. The molecule has 2 aliphatic heterocycles. The lowest BCUT2D eigenvalue weighted by atomic mass is 10.3. The number of benzene rings is 1. The smallest absolute Gasteiger partial charge is 0.325 e. The van der Waals surface area contributed by atoms with Gasteiger partial charge in [0.1, 0.15) is 12.3 Å². The van der Waals surface area contributed by atoms with E-state index in [2.05, 4.69) is 0 Å². The summed E-state index contributed by atoms with van der Waals surface area (Å²) in [4.78, 5) is 29.8. The molecule has 0 radical (unpaired) electrons. The zero-order chi connectivity index (χ0) is 15.5. The highest BCUT2D eigenvalue weighted by Gasteiger charge is 2.32. The Balaban J connectivity index is 1.62. The molecule has 0 aromatic heterocycles. The summed E-state index contributed by atoms with van der Waals surface area (Å²) in [6.45, 7) is 3.03. The van der Waals surface area contributed by atoms with Crippen molar-refractivity contribution < 1.29 is 14.3 Å². The molecule has 2 heterocycles. The summed E-state index contributed by atoms with van der Waals surface area (Å²) in [6.07, 6.45) is 2.13. The fourth-order valence-corrected chi connectivity index (χ4v) is 2.96. The van der Waals surface area contributed by atoms with Crippen molar-refractivity contribution in [2.24, 2.45) is 0 Å². The summed E-state index contributed by atoms with van der Waals surface area (Å²) in [5, 5.41) is 0. The molecule has 1 aromatic rings. The molecule has 0 atom stereocenters. The first-order valence-corrected chi connectivity index (χ1v) is 7.67. The monoisotopic (exact) mass is 303 g/mol. The Hall–Kier alpha value is -2.24. The summed E-state index contributed by atoms with van der Waals surface area (Å²) in [5.41, 5.74) is 0.835. The van der Waals surface area contributed by atoms with Crippen molar-refractivity contribution in [3.63, 3.8) is 0 Å². The minimum Gasteiger partial charge on any atom is -0.497 e. The van der Waals surface area contributed by atoms with Crippen LogP contribution in [-0.2, 0) is 4.79 Å². The molecule has 0 bridgehead atoms. The van der Waals surface area contributed by atoms with Crippen LogP contribution >= 0.6 is 0 Å². The van der Waals surface area contributed by atoms with E-state index < -0.39 is 0 Å². The van der Waals surface area contributed by atoms with Gasteiger partial charge in [0.05, 0.1) is 7.11 Å². The van der Waals surface area contributed by atoms with Crippen molar-refractivity contribution in [2.75, 3.05) is 44.7 Å². The number of amides is 3. The Kier molecular flexibility index (Phi) is 4.18. The molecule has 0 saturated carbocycles. The van der Waals surface area contributed by atoms with E-state index in [0.29, 0.717) is 13.1 Å². The molecule has 3 rings (SSSR count). The fourth-order valence-electron chi connectivity index (χ4n) is 2.96. The van der Waals surface area contributed by atoms with E-state index in [1.165, 1.54) is 0 Å². The zero-order valence-electron chi connectivity index (χ0n) is 12.8. The maximum atomic E-state index is 12.5. The van der Waals surface area contributed by atoms with E-state index in [-0.39, 0.29) is 18.5 Å². The predicted molar refractivity (Wildman–Crippen MR) is 83.1 cm³/mol. The lowest BCUT2D eigenvalue weighted by Gasteiger charge is -2.21.